The van der Waals surface area contributed by atoms with Crippen molar-refractivity contribution in [1.82, 2.24) is 14.3 Å². The summed E-state index contributed by atoms with van der Waals surface area (Å²) in [6.07, 6.45) is 5.57. The van der Waals surface area contributed by atoms with Crippen LogP contribution >= 0.6 is 23.2 Å². The zero-order chi connectivity index (χ0) is 19.2. The van der Waals surface area contributed by atoms with Crippen molar-refractivity contribution < 1.29 is 8.42 Å². The molecule has 5 nitrogen and oxygen atoms in total. The third kappa shape index (κ3) is 3.62. The SMILES string of the molecule is CS(=O)(=O)N1CC=C(c2cc3c(-c4ccc(Cl)cc4Cl)ccnc3[nH]2)CC1. The van der Waals surface area contributed by atoms with Crippen molar-refractivity contribution in [3.8, 4) is 11.1 Å². The Hall–Kier alpha value is -1.86. The number of aromatic nitrogens is 2. The van der Waals surface area contributed by atoms with Gasteiger partial charge in [0.1, 0.15) is 5.65 Å². The zero-order valence-corrected chi connectivity index (χ0v) is 16.9. The van der Waals surface area contributed by atoms with Crippen LogP contribution in [0.15, 0.2) is 42.6 Å². The van der Waals surface area contributed by atoms with Gasteiger partial charge in [0.05, 0.1) is 6.26 Å². The molecular weight excluding hydrogens is 405 g/mol. The smallest absolute Gasteiger partial charge is 0.211 e. The standard InChI is InChI=1S/C19H17Cl2N3O2S/c1-27(25,26)24-8-5-12(6-9-24)18-11-16-14(4-7-22-19(16)23-18)15-3-2-13(20)10-17(15)21/h2-5,7,10-11H,6,8-9H2,1H3,(H,22,23). The van der Waals surface area contributed by atoms with Crippen LogP contribution in [0.25, 0.3) is 27.7 Å². The highest BCUT2D eigenvalue weighted by molar-refractivity contribution is 7.88. The van der Waals surface area contributed by atoms with Gasteiger partial charge in [-0.05, 0) is 41.8 Å². The zero-order valence-electron chi connectivity index (χ0n) is 14.5. The second-order valence-corrected chi connectivity index (χ2v) is 9.35. The molecule has 1 N–H and O–H groups in total. The van der Waals surface area contributed by atoms with Crippen molar-refractivity contribution in [2.45, 2.75) is 6.42 Å². The monoisotopic (exact) mass is 421 g/mol. The van der Waals surface area contributed by atoms with E-state index in [-0.39, 0.29) is 0 Å². The van der Waals surface area contributed by atoms with Gasteiger partial charge in [0.2, 0.25) is 10.0 Å². The Kier molecular flexibility index (Phi) is 4.76. The molecule has 1 aliphatic heterocycles. The summed E-state index contributed by atoms with van der Waals surface area (Å²) >= 11 is 12.4. The molecule has 1 aromatic carbocycles. The van der Waals surface area contributed by atoms with Gasteiger partial charge in [0.15, 0.2) is 0 Å². The number of hydrogen-bond donors (Lipinski definition) is 1. The molecule has 8 heteroatoms. The molecule has 0 saturated heterocycles. The molecule has 1 aliphatic rings. The maximum absolute atomic E-state index is 11.7. The van der Waals surface area contributed by atoms with Gasteiger partial charge in [-0.3, -0.25) is 0 Å². The molecule has 0 aliphatic carbocycles. The highest BCUT2D eigenvalue weighted by Gasteiger charge is 2.21. The molecule has 140 valence electrons. The first-order chi connectivity index (χ1) is 12.8. The molecule has 2 aromatic heterocycles. The Balaban J connectivity index is 1.75. The van der Waals surface area contributed by atoms with Gasteiger partial charge in [-0.1, -0.05) is 35.3 Å². The molecule has 3 aromatic rings. The number of nitrogens with zero attached hydrogens (tertiary/aromatic N) is 2. The Labute approximate surface area is 167 Å². The number of sulfonamides is 1. The fourth-order valence-electron chi connectivity index (χ4n) is 3.34. The molecule has 0 spiro atoms. The van der Waals surface area contributed by atoms with Crippen molar-refractivity contribution in [1.29, 1.82) is 0 Å². The Bertz CT molecular complexity index is 1170. The summed E-state index contributed by atoms with van der Waals surface area (Å²) < 4.78 is 24.8. The van der Waals surface area contributed by atoms with Crippen LogP contribution in [0.3, 0.4) is 0 Å². The quantitative estimate of drug-likeness (QED) is 0.672. The predicted octanol–water partition coefficient (Wildman–Crippen LogP) is 4.59. The molecule has 27 heavy (non-hydrogen) atoms. The average Bonchev–Trinajstić information content (AvgIpc) is 3.06. The van der Waals surface area contributed by atoms with Gasteiger partial charge >= 0.3 is 0 Å². The molecule has 0 fully saturated rings. The van der Waals surface area contributed by atoms with E-state index in [2.05, 4.69) is 9.97 Å². The number of aromatic amines is 1. The lowest BCUT2D eigenvalue weighted by Crippen LogP contribution is -2.33. The van der Waals surface area contributed by atoms with Crippen molar-refractivity contribution in [2.75, 3.05) is 19.3 Å². The summed E-state index contributed by atoms with van der Waals surface area (Å²) in [4.78, 5) is 7.77. The minimum Gasteiger partial charge on any atom is -0.339 e. The molecule has 0 bridgehead atoms. The fraction of sp³-hybridized carbons (Fsp3) is 0.211. The van der Waals surface area contributed by atoms with E-state index in [0.29, 0.717) is 29.6 Å². The first-order valence-corrected chi connectivity index (χ1v) is 11.0. The van der Waals surface area contributed by atoms with Crippen LogP contribution in [0.5, 0.6) is 0 Å². The number of rotatable bonds is 3. The van der Waals surface area contributed by atoms with Crippen LogP contribution in [-0.2, 0) is 10.0 Å². The lowest BCUT2D eigenvalue weighted by atomic mass is 10.0. The molecule has 4 rings (SSSR count). The second-order valence-electron chi connectivity index (χ2n) is 6.53. The lowest BCUT2D eigenvalue weighted by Gasteiger charge is -2.23. The van der Waals surface area contributed by atoms with Crippen LogP contribution in [0.1, 0.15) is 12.1 Å². The Morgan fingerprint density at radius 1 is 1.15 bits per heavy atom. The largest absolute Gasteiger partial charge is 0.339 e. The first-order valence-electron chi connectivity index (χ1n) is 8.40. The average molecular weight is 422 g/mol. The number of pyridine rings is 1. The number of H-pyrrole nitrogens is 1. The van der Waals surface area contributed by atoms with Crippen LogP contribution in [0, 0.1) is 0 Å². The number of nitrogens with one attached hydrogen (secondary N) is 1. The molecule has 0 radical (unpaired) electrons. The van der Waals surface area contributed by atoms with E-state index in [1.54, 1.807) is 12.3 Å². The van der Waals surface area contributed by atoms with Gasteiger partial charge in [-0.25, -0.2) is 13.4 Å². The summed E-state index contributed by atoms with van der Waals surface area (Å²) in [5.41, 5.74) is 4.66. The molecule has 3 heterocycles. The van der Waals surface area contributed by atoms with Gasteiger partial charge in [-0.2, -0.15) is 4.31 Å². The summed E-state index contributed by atoms with van der Waals surface area (Å²) in [6.45, 7) is 0.857. The molecule has 0 atom stereocenters. The van der Waals surface area contributed by atoms with Crippen molar-refractivity contribution in [3.05, 3.63) is 58.3 Å². The van der Waals surface area contributed by atoms with Gasteiger partial charge in [-0.15, -0.1) is 0 Å². The lowest BCUT2D eigenvalue weighted by molar-refractivity contribution is 0.445. The minimum absolute atomic E-state index is 0.382. The van der Waals surface area contributed by atoms with E-state index >= 15 is 0 Å². The van der Waals surface area contributed by atoms with Gasteiger partial charge < -0.3 is 4.98 Å². The topological polar surface area (TPSA) is 66.1 Å². The van der Waals surface area contributed by atoms with Crippen molar-refractivity contribution in [2.24, 2.45) is 0 Å². The molecule has 0 saturated carbocycles. The number of fused-ring (bicyclic) bond motifs is 1. The van der Waals surface area contributed by atoms with E-state index in [1.807, 2.05) is 30.3 Å². The summed E-state index contributed by atoms with van der Waals surface area (Å²) in [5.74, 6) is 0. The second kappa shape index (κ2) is 6.95. The Morgan fingerprint density at radius 2 is 1.96 bits per heavy atom. The highest BCUT2D eigenvalue weighted by atomic mass is 35.5. The van der Waals surface area contributed by atoms with Crippen molar-refractivity contribution >= 4 is 49.8 Å². The Morgan fingerprint density at radius 3 is 2.63 bits per heavy atom. The fourth-order valence-corrected chi connectivity index (χ4v) is 4.62. The first kappa shape index (κ1) is 18.5. The summed E-state index contributed by atoms with van der Waals surface area (Å²) in [6, 6.07) is 9.41. The molecule has 0 unspecified atom stereocenters. The van der Waals surface area contributed by atoms with E-state index < -0.39 is 10.0 Å². The summed E-state index contributed by atoms with van der Waals surface area (Å²) in [7, 11) is -3.17. The highest BCUT2D eigenvalue weighted by Crippen LogP contribution is 2.36. The van der Waals surface area contributed by atoms with E-state index in [0.717, 1.165) is 33.4 Å². The number of benzene rings is 1. The van der Waals surface area contributed by atoms with Crippen LogP contribution < -0.4 is 0 Å². The maximum Gasteiger partial charge on any atom is 0.211 e. The number of halogens is 2. The van der Waals surface area contributed by atoms with Crippen LogP contribution in [0.4, 0.5) is 0 Å². The van der Waals surface area contributed by atoms with Crippen LogP contribution in [0.2, 0.25) is 10.0 Å². The van der Waals surface area contributed by atoms with Gasteiger partial charge in [0.25, 0.3) is 0 Å². The summed E-state index contributed by atoms with van der Waals surface area (Å²) in [5, 5.41) is 2.13. The molecular formula is C19H17Cl2N3O2S. The normalized spacial score (nSPS) is 15.9. The third-order valence-electron chi connectivity index (χ3n) is 4.74. The van der Waals surface area contributed by atoms with Gasteiger partial charge in [0, 0.05) is 46.0 Å². The maximum atomic E-state index is 11.7. The van der Waals surface area contributed by atoms with E-state index in [9.17, 15) is 8.42 Å². The van der Waals surface area contributed by atoms with Crippen molar-refractivity contribution in [3.63, 3.8) is 0 Å². The minimum atomic E-state index is -3.17. The van der Waals surface area contributed by atoms with E-state index in [4.69, 9.17) is 23.2 Å². The van der Waals surface area contributed by atoms with E-state index in [1.165, 1.54) is 10.6 Å². The van der Waals surface area contributed by atoms with Crippen LogP contribution in [-0.4, -0.2) is 42.0 Å². The third-order valence-corrected chi connectivity index (χ3v) is 6.56. The molecule has 0 amide bonds. The predicted molar refractivity (Wildman–Crippen MR) is 111 cm³/mol. The number of hydrogen-bond acceptors (Lipinski definition) is 3.